The maximum Gasteiger partial charge on any atom is 0.356 e. The van der Waals surface area contributed by atoms with Crippen molar-refractivity contribution in [2.75, 3.05) is 11.9 Å². The van der Waals surface area contributed by atoms with Gasteiger partial charge in [-0.15, -0.1) is 11.3 Å². The molecule has 0 fully saturated rings. The molecule has 18 heavy (non-hydrogen) atoms. The number of nitrogens with one attached hydrogen (secondary N) is 1. The third-order valence-electron chi connectivity index (χ3n) is 2.53. The van der Waals surface area contributed by atoms with Gasteiger partial charge in [0.2, 0.25) is 0 Å². The number of aryl methyl sites for hydroxylation is 2. The lowest BCUT2D eigenvalue weighted by atomic mass is 10.4. The van der Waals surface area contributed by atoms with Gasteiger partial charge in [0, 0.05) is 24.2 Å². The van der Waals surface area contributed by atoms with E-state index in [9.17, 15) is 4.79 Å². The number of nitrogens with zero attached hydrogens (tertiary/aromatic N) is 3. The van der Waals surface area contributed by atoms with E-state index in [0.717, 1.165) is 10.8 Å². The molecule has 0 bridgehead atoms. The Hall–Kier alpha value is -1.89. The summed E-state index contributed by atoms with van der Waals surface area (Å²) in [6.45, 7) is 5.35. The van der Waals surface area contributed by atoms with E-state index in [2.05, 4.69) is 15.3 Å². The molecule has 0 saturated carbocycles. The summed E-state index contributed by atoms with van der Waals surface area (Å²) in [7, 11) is 0. The first-order chi connectivity index (χ1) is 8.56. The zero-order valence-corrected chi connectivity index (χ0v) is 11.0. The molecular weight excluding hydrogens is 252 g/mol. The molecule has 0 aromatic carbocycles. The Morgan fingerprint density at radius 1 is 1.56 bits per heavy atom. The smallest absolute Gasteiger partial charge is 0.356 e. The molecule has 7 heteroatoms. The molecule has 0 radical (unpaired) electrons. The summed E-state index contributed by atoms with van der Waals surface area (Å²) in [5.74, 6) is -1.01. The largest absolute Gasteiger partial charge is 0.476 e. The minimum atomic E-state index is -1.01. The van der Waals surface area contributed by atoms with Gasteiger partial charge < -0.3 is 15.0 Å². The van der Waals surface area contributed by atoms with Crippen LogP contribution < -0.4 is 5.32 Å². The first-order valence-corrected chi connectivity index (χ1v) is 6.31. The fourth-order valence-electron chi connectivity index (χ4n) is 1.43. The van der Waals surface area contributed by atoms with Crippen LogP contribution in [0.3, 0.4) is 0 Å². The van der Waals surface area contributed by atoms with Crippen LogP contribution in [0.15, 0.2) is 12.5 Å². The van der Waals surface area contributed by atoms with E-state index in [-0.39, 0.29) is 5.69 Å². The highest BCUT2D eigenvalue weighted by atomic mass is 32.1. The van der Waals surface area contributed by atoms with Crippen LogP contribution in [0.5, 0.6) is 0 Å². The van der Waals surface area contributed by atoms with Crippen LogP contribution in [0.25, 0.3) is 0 Å². The average molecular weight is 266 g/mol. The number of carbonyl (C=O) groups is 1. The molecule has 2 rings (SSSR count). The molecule has 0 aliphatic carbocycles. The predicted molar refractivity (Wildman–Crippen MR) is 69.3 cm³/mol. The lowest BCUT2D eigenvalue weighted by Crippen LogP contribution is -2.09. The molecular formula is C11H14N4O2S. The van der Waals surface area contributed by atoms with Crippen LogP contribution >= 0.6 is 11.3 Å². The highest BCUT2D eigenvalue weighted by Crippen LogP contribution is 2.20. The van der Waals surface area contributed by atoms with E-state index in [1.54, 1.807) is 15.9 Å². The topological polar surface area (TPSA) is 80.0 Å². The van der Waals surface area contributed by atoms with Crippen LogP contribution in [-0.4, -0.2) is 32.2 Å². The number of anilines is 1. The van der Waals surface area contributed by atoms with Crippen molar-refractivity contribution in [1.29, 1.82) is 0 Å². The number of aromatic carboxylic acids is 1. The molecule has 0 saturated heterocycles. The first-order valence-electron chi connectivity index (χ1n) is 5.49. The van der Waals surface area contributed by atoms with E-state index in [1.165, 1.54) is 17.4 Å². The molecule has 0 aliphatic rings. The van der Waals surface area contributed by atoms with E-state index in [0.29, 0.717) is 13.1 Å². The number of hydrogen-bond donors (Lipinski definition) is 2. The molecule has 2 aromatic rings. The molecule has 2 aromatic heterocycles. The minimum absolute atomic E-state index is 0.0657. The molecule has 0 aliphatic heterocycles. The van der Waals surface area contributed by atoms with E-state index >= 15 is 0 Å². The number of thiazole rings is 1. The van der Waals surface area contributed by atoms with Gasteiger partial charge in [-0.1, -0.05) is 0 Å². The molecule has 96 valence electrons. The van der Waals surface area contributed by atoms with Crippen molar-refractivity contribution in [3.8, 4) is 0 Å². The molecule has 0 spiro atoms. The monoisotopic (exact) mass is 266 g/mol. The van der Waals surface area contributed by atoms with Gasteiger partial charge in [-0.25, -0.2) is 14.8 Å². The number of aromatic nitrogens is 3. The SMILES string of the molecule is Cc1nc(NCCn2cnc(C(=O)O)c2)sc1C. The summed E-state index contributed by atoms with van der Waals surface area (Å²) in [5.41, 5.74) is 1.11. The Bertz CT molecular complexity index is 542. The Labute approximate surface area is 108 Å². The van der Waals surface area contributed by atoms with Gasteiger partial charge in [0.15, 0.2) is 10.8 Å². The number of carboxylic acid groups (broad SMARTS) is 1. The van der Waals surface area contributed by atoms with Crippen LogP contribution in [0.1, 0.15) is 21.1 Å². The molecule has 2 heterocycles. The van der Waals surface area contributed by atoms with Crippen molar-refractivity contribution < 1.29 is 9.90 Å². The second-order valence-corrected chi connectivity index (χ2v) is 5.09. The number of carboxylic acids is 1. The number of imidazole rings is 1. The molecule has 0 amide bonds. The predicted octanol–water partition coefficient (Wildman–Crippen LogP) is 1.77. The van der Waals surface area contributed by atoms with E-state index in [1.807, 2.05) is 13.8 Å². The third-order valence-corrected chi connectivity index (χ3v) is 3.56. The van der Waals surface area contributed by atoms with E-state index < -0.39 is 5.97 Å². The van der Waals surface area contributed by atoms with Gasteiger partial charge in [-0.2, -0.15) is 0 Å². The quantitative estimate of drug-likeness (QED) is 0.862. The third kappa shape index (κ3) is 2.86. The fourth-order valence-corrected chi connectivity index (χ4v) is 2.27. The normalized spacial score (nSPS) is 10.6. The van der Waals surface area contributed by atoms with Crippen molar-refractivity contribution in [3.05, 3.63) is 28.8 Å². The minimum Gasteiger partial charge on any atom is -0.476 e. The van der Waals surface area contributed by atoms with Crippen LogP contribution in [0, 0.1) is 13.8 Å². The van der Waals surface area contributed by atoms with Crippen LogP contribution in [0.2, 0.25) is 0 Å². The zero-order chi connectivity index (χ0) is 13.1. The summed E-state index contributed by atoms with van der Waals surface area (Å²) >= 11 is 1.62. The Morgan fingerprint density at radius 3 is 2.89 bits per heavy atom. The Morgan fingerprint density at radius 2 is 2.33 bits per heavy atom. The van der Waals surface area contributed by atoms with Crippen molar-refractivity contribution in [1.82, 2.24) is 14.5 Å². The molecule has 6 nitrogen and oxygen atoms in total. The summed E-state index contributed by atoms with van der Waals surface area (Å²) in [6.07, 6.45) is 3.03. The standard InChI is InChI=1S/C11H14N4O2S/c1-7-8(2)18-11(14-7)12-3-4-15-5-9(10(16)17)13-6-15/h5-6H,3-4H2,1-2H3,(H,12,14)(H,16,17). The Balaban J connectivity index is 1.86. The summed E-state index contributed by atoms with van der Waals surface area (Å²) in [4.78, 5) is 20.0. The van der Waals surface area contributed by atoms with Crippen LogP contribution in [0.4, 0.5) is 5.13 Å². The second kappa shape index (κ2) is 5.18. The Kier molecular flexibility index (Phi) is 3.61. The maximum atomic E-state index is 10.6. The van der Waals surface area contributed by atoms with Gasteiger partial charge in [-0.3, -0.25) is 0 Å². The summed E-state index contributed by atoms with van der Waals surface area (Å²) in [6, 6.07) is 0. The van der Waals surface area contributed by atoms with Gasteiger partial charge in [0.25, 0.3) is 0 Å². The van der Waals surface area contributed by atoms with Gasteiger partial charge in [-0.05, 0) is 13.8 Å². The summed E-state index contributed by atoms with van der Waals surface area (Å²) in [5, 5.41) is 12.8. The van der Waals surface area contributed by atoms with Crippen LogP contribution in [-0.2, 0) is 6.54 Å². The van der Waals surface area contributed by atoms with Gasteiger partial charge in [0.05, 0.1) is 12.0 Å². The molecule has 2 N–H and O–H groups in total. The van der Waals surface area contributed by atoms with Crippen molar-refractivity contribution in [2.45, 2.75) is 20.4 Å². The average Bonchev–Trinajstić information content (AvgIpc) is 2.88. The summed E-state index contributed by atoms with van der Waals surface area (Å²) < 4.78 is 1.74. The lowest BCUT2D eigenvalue weighted by molar-refractivity contribution is 0.0691. The van der Waals surface area contributed by atoms with Gasteiger partial charge >= 0.3 is 5.97 Å². The second-order valence-electron chi connectivity index (χ2n) is 3.89. The number of hydrogen-bond acceptors (Lipinski definition) is 5. The lowest BCUT2D eigenvalue weighted by Gasteiger charge is -2.02. The van der Waals surface area contributed by atoms with Crippen molar-refractivity contribution in [3.63, 3.8) is 0 Å². The van der Waals surface area contributed by atoms with Gasteiger partial charge in [0.1, 0.15) is 0 Å². The molecule has 0 unspecified atom stereocenters. The van der Waals surface area contributed by atoms with Crippen molar-refractivity contribution >= 4 is 22.4 Å². The highest BCUT2D eigenvalue weighted by molar-refractivity contribution is 7.15. The van der Waals surface area contributed by atoms with Crippen molar-refractivity contribution in [2.24, 2.45) is 0 Å². The number of rotatable bonds is 5. The molecule has 0 atom stereocenters. The zero-order valence-electron chi connectivity index (χ0n) is 10.2. The first kappa shape index (κ1) is 12.6. The fraction of sp³-hybridized carbons (Fsp3) is 0.364. The van der Waals surface area contributed by atoms with E-state index in [4.69, 9.17) is 5.11 Å². The maximum absolute atomic E-state index is 10.6. The highest BCUT2D eigenvalue weighted by Gasteiger charge is 2.06.